The maximum Gasteiger partial charge on any atom is 0.269 e. The van der Waals surface area contributed by atoms with Gasteiger partial charge in [0.1, 0.15) is 0 Å². The van der Waals surface area contributed by atoms with Gasteiger partial charge in [0.15, 0.2) is 0 Å². The van der Waals surface area contributed by atoms with Crippen LogP contribution in [0, 0.1) is 10.1 Å². The average Bonchev–Trinajstić information content (AvgIpc) is 2.58. The predicted molar refractivity (Wildman–Crippen MR) is 109 cm³/mol. The number of nitro groups is 1. The maximum atomic E-state index is 11.1. The lowest BCUT2D eigenvalue weighted by atomic mass is 10.0. The SMILES string of the molecule is Cl.Cl.O.O=[N+]([O-])c1ccc(CN2CCCCC2)c(CN2CCCCC2)c1. The highest BCUT2D eigenvalue weighted by atomic mass is 35.5. The quantitative estimate of drug-likeness (QED) is 0.551. The van der Waals surface area contributed by atoms with Gasteiger partial charge in [-0.25, -0.2) is 0 Å². The van der Waals surface area contributed by atoms with Gasteiger partial charge in [0.05, 0.1) is 4.92 Å². The van der Waals surface area contributed by atoms with Gasteiger partial charge < -0.3 is 5.48 Å². The van der Waals surface area contributed by atoms with Gasteiger partial charge in [-0.1, -0.05) is 18.9 Å². The molecule has 0 bridgehead atoms. The van der Waals surface area contributed by atoms with Crippen LogP contribution in [0.5, 0.6) is 0 Å². The van der Waals surface area contributed by atoms with E-state index in [0.29, 0.717) is 0 Å². The molecular weight excluding hydrogens is 377 g/mol. The first-order chi connectivity index (χ1) is 11.2. The molecule has 0 aliphatic carbocycles. The van der Waals surface area contributed by atoms with Crippen LogP contribution in [0.3, 0.4) is 0 Å². The zero-order chi connectivity index (χ0) is 16.1. The lowest BCUT2D eigenvalue weighted by Gasteiger charge is -2.30. The summed E-state index contributed by atoms with van der Waals surface area (Å²) in [7, 11) is 0. The Morgan fingerprint density at radius 3 is 1.73 bits per heavy atom. The summed E-state index contributed by atoms with van der Waals surface area (Å²) in [5.74, 6) is 0. The molecule has 0 radical (unpaired) electrons. The van der Waals surface area contributed by atoms with Crippen LogP contribution in [0.25, 0.3) is 0 Å². The van der Waals surface area contributed by atoms with Crippen LogP contribution in [0.15, 0.2) is 18.2 Å². The van der Waals surface area contributed by atoms with E-state index in [1.165, 1.54) is 44.1 Å². The Balaban J connectivity index is 0.00000208. The molecule has 26 heavy (non-hydrogen) atoms. The van der Waals surface area contributed by atoms with Crippen molar-refractivity contribution in [2.24, 2.45) is 0 Å². The summed E-state index contributed by atoms with van der Waals surface area (Å²) in [4.78, 5) is 15.8. The molecule has 150 valence electrons. The first-order valence-electron chi connectivity index (χ1n) is 8.93. The zero-order valence-corrected chi connectivity index (χ0v) is 16.8. The number of halogens is 2. The van der Waals surface area contributed by atoms with Gasteiger partial charge in [0.25, 0.3) is 5.69 Å². The van der Waals surface area contributed by atoms with Gasteiger partial charge in [0.2, 0.25) is 0 Å². The summed E-state index contributed by atoms with van der Waals surface area (Å²) in [6.07, 6.45) is 7.68. The summed E-state index contributed by atoms with van der Waals surface area (Å²) in [6.45, 7) is 6.32. The van der Waals surface area contributed by atoms with Gasteiger partial charge in [-0.3, -0.25) is 19.9 Å². The number of rotatable bonds is 5. The van der Waals surface area contributed by atoms with Gasteiger partial charge in [-0.2, -0.15) is 0 Å². The molecule has 3 rings (SSSR count). The topological polar surface area (TPSA) is 81.1 Å². The molecule has 2 fully saturated rings. The lowest BCUT2D eigenvalue weighted by molar-refractivity contribution is -0.384. The minimum Gasteiger partial charge on any atom is -0.412 e. The maximum absolute atomic E-state index is 11.1. The van der Waals surface area contributed by atoms with Gasteiger partial charge in [-0.05, 0) is 63.0 Å². The fraction of sp³-hybridized carbons (Fsp3) is 0.667. The summed E-state index contributed by atoms with van der Waals surface area (Å²) >= 11 is 0. The van der Waals surface area contributed by atoms with Crippen molar-refractivity contribution in [2.45, 2.75) is 51.6 Å². The standard InChI is InChI=1S/C18H27N3O2.2ClH.H2O/c22-21(23)18-8-7-16(14-19-9-3-1-4-10-19)17(13-18)15-20-11-5-2-6-12-20;;;/h7-8,13H,1-6,9-12,14-15H2;2*1H;1H2. The minimum absolute atomic E-state index is 0. The molecule has 0 atom stereocenters. The largest absolute Gasteiger partial charge is 0.412 e. The Bertz CT molecular complexity index is 548. The Hall–Kier alpha value is -0.920. The van der Waals surface area contributed by atoms with E-state index < -0.39 is 0 Å². The molecule has 8 heteroatoms. The molecule has 1 aromatic carbocycles. The van der Waals surface area contributed by atoms with Crippen LogP contribution in [-0.4, -0.2) is 46.4 Å². The average molecular weight is 408 g/mol. The van der Waals surface area contributed by atoms with E-state index in [4.69, 9.17) is 0 Å². The van der Waals surface area contributed by atoms with Crippen LogP contribution in [0.4, 0.5) is 5.69 Å². The number of piperidine rings is 2. The van der Waals surface area contributed by atoms with Crippen molar-refractivity contribution in [3.63, 3.8) is 0 Å². The monoisotopic (exact) mass is 407 g/mol. The minimum atomic E-state index is -0.273. The smallest absolute Gasteiger partial charge is 0.269 e. The normalized spacial score (nSPS) is 18.2. The summed E-state index contributed by atoms with van der Waals surface area (Å²) in [6, 6.07) is 5.44. The zero-order valence-electron chi connectivity index (χ0n) is 15.2. The first-order valence-corrected chi connectivity index (χ1v) is 8.93. The van der Waals surface area contributed by atoms with Gasteiger partial charge >= 0.3 is 0 Å². The number of hydrogen-bond acceptors (Lipinski definition) is 4. The lowest BCUT2D eigenvalue weighted by Crippen LogP contribution is -2.31. The van der Waals surface area contributed by atoms with Crippen molar-refractivity contribution in [3.05, 3.63) is 39.4 Å². The third-order valence-electron chi connectivity index (χ3n) is 5.09. The number of nitrogens with zero attached hydrogens (tertiary/aromatic N) is 3. The molecular formula is C18H31Cl2N3O3. The summed E-state index contributed by atoms with van der Waals surface area (Å²) in [5.41, 5.74) is 2.63. The highest BCUT2D eigenvalue weighted by Gasteiger charge is 2.18. The number of non-ortho nitro benzene ring substituents is 1. The molecule has 0 saturated carbocycles. The number of benzene rings is 1. The number of nitro benzene ring substituents is 1. The van der Waals surface area contributed by atoms with Crippen LogP contribution in [0.2, 0.25) is 0 Å². The fourth-order valence-corrected chi connectivity index (χ4v) is 3.74. The van der Waals surface area contributed by atoms with Gasteiger partial charge in [0, 0.05) is 25.2 Å². The van der Waals surface area contributed by atoms with Crippen molar-refractivity contribution in [2.75, 3.05) is 26.2 Å². The molecule has 1 aromatic rings. The number of likely N-dealkylation sites (tertiary alicyclic amines) is 2. The van der Waals surface area contributed by atoms with E-state index in [0.717, 1.165) is 44.8 Å². The number of hydrogen-bond donors (Lipinski definition) is 0. The van der Waals surface area contributed by atoms with Crippen molar-refractivity contribution < 1.29 is 10.4 Å². The molecule has 6 nitrogen and oxygen atoms in total. The molecule has 0 amide bonds. The molecule has 2 heterocycles. The van der Waals surface area contributed by atoms with Crippen molar-refractivity contribution in [3.8, 4) is 0 Å². The molecule has 2 aliphatic heterocycles. The van der Waals surface area contributed by atoms with Crippen molar-refractivity contribution >= 4 is 30.5 Å². The van der Waals surface area contributed by atoms with Crippen molar-refractivity contribution in [1.29, 1.82) is 0 Å². The van der Waals surface area contributed by atoms with Crippen LogP contribution in [-0.2, 0) is 13.1 Å². The van der Waals surface area contributed by atoms with E-state index in [1.807, 2.05) is 6.07 Å². The van der Waals surface area contributed by atoms with Gasteiger partial charge in [-0.15, -0.1) is 24.8 Å². The molecule has 0 aromatic heterocycles. The molecule has 2 aliphatic rings. The molecule has 2 saturated heterocycles. The predicted octanol–water partition coefficient (Wildman–Crippen LogP) is 3.59. The van der Waals surface area contributed by atoms with E-state index >= 15 is 0 Å². The Kier molecular flexibility index (Phi) is 12.0. The highest BCUT2D eigenvalue weighted by Crippen LogP contribution is 2.23. The molecule has 0 unspecified atom stereocenters. The molecule has 0 spiro atoms. The van der Waals surface area contributed by atoms with Crippen LogP contribution < -0.4 is 0 Å². The summed E-state index contributed by atoms with van der Waals surface area (Å²) < 4.78 is 0. The third kappa shape index (κ3) is 7.00. The van der Waals surface area contributed by atoms with E-state index in [9.17, 15) is 10.1 Å². The Morgan fingerprint density at radius 2 is 1.27 bits per heavy atom. The van der Waals surface area contributed by atoms with Crippen LogP contribution in [0.1, 0.15) is 49.7 Å². The fourth-order valence-electron chi connectivity index (χ4n) is 3.74. The Labute approximate surface area is 168 Å². The second-order valence-corrected chi connectivity index (χ2v) is 6.88. The first kappa shape index (κ1) is 25.1. The highest BCUT2D eigenvalue weighted by molar-refractivity contribution is 5.85. The van der Waals surface area contributed by atoms with E-state index in [-0.39, 0.29) is 40.9 Å². The Morgan fingerprint density at radius 1 is 0.808 bits per heavy atom. The van der Waals surface area contributed by atoms with E-state index in [2.05, 4.69) is 9.80 Å². The third-order valence-corrected chi connectivity index (χ3v) is 5.09. The second kappa shape index (κ2) is 12.5. The van der Waals surface area contributed by atoms with E-state index in [1.54, 1.807) is 12.1 Å². The summed E-state index contributed by atoms with van der Waals surface area (Å²) in [5, 5.41) is 11.1. The van der Waals surface area contributed by atoms with Crippen LogP contribution >= 0.6 is 24.8 Å². The second-order valence-electron chi connectivity index (χ2n) is 6.88. The molecule has 2 N–H and O–H groups in total. The van der Waals surface area contributed by atoms with Crippen molar-refractivity contribution in [1.82, 2.24) is 9.80 Å².